The first-order valence-corrected chi connectivity index (χ1v) is 7.51. The van der Waals surface area contributed by atoms with Crippen LogP contribution in [0.2, 0.25) is 0 Å². The monoisotopic (exact) mass is 345 g/mol. The van der Waals surface area contributed by atoms with Crippen molar-refractivity contribution in [1.29, 1.82) is 0 Å². The van der Waals surface area contributed by atoms with Crippen LogP contribution in [-0.4, -0.2) is 39.4 Å². The minimum Gasteiger partial charge on any atom is -0.494 e. The van der Waals surface area contributed by atoms with Gasteiger partial charge in [-0.05, 0) is 25.1 Å². The van der Waals surface area contributed by atoms with Crippen LogP contribution in [0.15, 0.2) is 18.2 Å². The van der Waals surface area contributed by atoms with E-state index < -0.39 is 0 Å². The van der Waals surface area contributed by atoms with Gasteiger partial charge < -0.3 is 19.5 Å². The number of rotatable bonds is 9. The zero-order chi connectivity index (χ0) is 14.8. The number of hydrogen-bond acceptors (Lipinski definition) is 4. The number of carbonyl (C=O) groups excluding carboxylic acids is 1. The van der Waals surface area contributed by atoms with Crippen molar-refractivity contribution in [1.82, 2.24) is 0 Å². The van der Waals surface area contributed by atoms with Gasteiger partial charge in [0.2, 0.25) is 5.91 Å². The summed E-state index contributed by atoms with van der Waals surface area (Å²) in [7, 11) is 1.59. The Hall–Kier alpha value is -1.11. The molecule has 1 amide bonds. The number of alkyl halides is 1. The first-order chi connectivity index (χ1) is 9.71. The zero-order valence-electron chi connectivity index (χ0n) is 11.8. The Bertz CT molecular complexity index is 426. The van der Waals surface area contributed by atoms with Crippen LogP contribution in [0.4, 0.5) is 5.69 Å². The maximum absolute atomic E-state index is 11.7. The van der Waals surface area contributed by atoms with E-state index in [4.69, 9.17) is 14.2 Å². The third-order valence-corrected chi connectivity index (χ3v) is 3.06. The number of carbonyl (C=O) groups is 1. The molecule has 0 saturated heterocycles. The van der Waals surface area contributed by atoms with Gasteiger partial charge in [0.05, 0.1) is 19.8 Å². The number of nitrogens with one attached hydrogen (secondary N) is 1. The molecule has 1 aromatic rings. The second-order valence-corrected chi connectivity index (χ2v) is 4.54. The number of halogens is 1. The lowest BCUT2D eigenvalue weighted by atomic mass is 10.2. The van der Waals surface area contributed by atoms with E-state index in [9.17, 15) is 4.79 Å². The van der Waals surface area contributed by atoms with E-state index in [0.717, 1.165) is 17.0 Å². The summed E-state index contributed by atoms with van der Waals surface area (Å²) in [6, 6.07) is 5.54. The van der Waals surface area contributed by atoms with Gasteiger partial charge in [-0.15, -0.1) is 0 Å². The molecule has 1 N–H and O–H groups in total. The molecule has 6 heteroatoms. The van der Waals surface area contributed by atoms with Crippen LogP contribution in [-0.2, 0) is 19.6 Å². The summed E-state index contributed by atoms with van der Waals surface area (Å²) in [6.45, 7) is 3.44. The number of hydrogen-bond donors (Lipinski definition) is 1. The topological polar surface area (TPSA) is 56.8 Å². The molecule has 1 rings (SSSR count). The normalized spacial score (nSPS) is 10.3. The molecule has 0 aliphatic rings. The molecule has 20 heavy (non-hydrogen) atoms. The number of methoxy groups -OCH3 is 1. The van der Waals surface area contributed by atoms with Crippen LogP contribution in [0.1, 0.15) is 12.5 Å². The summed E-state index contributed by atoms with van der Waals surface area (Å²) in [6.07, 6.45) is 0. The maximum atomic E-state index is 11.7. The highest BCUT2D eigenvalue weighted by molar-refractivity contribution is 9.08. The van der Waals surface area contributed by atoms with E-state index in [1.54, 1.807) is 7.11 Å². The average Bonchev–Trinajstić information content (AvgIpc) is 2.45. The molecule has 5 nitrogen and oxygen atoms in total. The van der Waals surface area contributed by atoms with Crippen molar-refractivity contribution in [3.63, 3.8) is 0 Å². The van der Waals surface area contributed by atoms with Crippen molar-refractivity contribution in [3.8, 4) is 5.75 Å². The summed E-state index contributed by atoms with van der Waals surface area (Å²) in [5.41, 5.74) is 1.72. The third kappa shape index (κ3) is 5.90. The Kier molecular flexibility index (Phi) is 8.25. The predicted octanol–water partition coefficient (Wildman–Crippen LogP) is 2.58. The second kappa shape index (κ2) is 9.74. The molecular weight excluding hydrogens is 326 g/mol. The smallest absolute Gasteiger partial charge is 0.250 e. The molecule has 0 aromatic heterocycles. The average molecular weight is 346 g/mol. The highest BCUT2D eigenvalue weighted by atomic mass is 79.9. The summed E-state index contributed by atoms with van der Waals surface area (Å²) >= 11 is 3.41. The fraction of sp³-hybridized carbons (Fsp3) is 0.500. The fourth-order valence-corrected chi connectivity index (χ4v) is 2.00. The summed E-state index contributed by atoms with van der Waals surface area (Å²) in [5.74, 6) is 0.629. The molecule has 0 aliphatic heterocycles. The van der Waals surface area contributed by atoms with Crippen LogP contribution in [0.25, 0.3) is 0 Å². The first-order valence-electron chi connectivity index (χ1n) is 6.39. The Morgan fingerprint density at radius 3 is 2.80 bits per heavy atom. The third-order valence-electron chi connectivity index (χ3n) is 2.45. The minimum atomic E-state index is -0.189. The Labute approximate surface area is 127 Å². The lowest BCUT2D eigenvalue weighted by Gasteiger charge is -2.11. The predicted molar refractivity (Wildman–Crippen MR) is 81.6 cm³/mol. The van der Waals surface area contributed by atoms with Crippen LogP contribution in [0.5, 0.6) is 5.75 Å². The highest BCUT2D eigenvalue weighted by Gasteiger charge is 2.07. The number of amides is 1. The molecule has 112 valence electrons. The summed E-state index contributed by atoms with van der Waals surface area (Å²) < 4.78 is 15.5. The molecule has 0 heterocycles. The summed E-state index contributed by atoms with van der Waals surface area (Å²) in [5, 5.41) is 3.44. The van der Waals surface area contributed by atoms with Crippen molar-refractivity contribution in [3.05, 3.63) is 23.8 Å². The van der Waals surface area contributed by atoms with E-state index >= 15 is 0 Å². The molecular formula is C14H20BrNO4. The zero-order valence-corrected chi connectivity index (χ0v) is 13.4. The number of anilines is 1. The van der Waals surface area contributed by atoms with Gasteiger partial charge in [-0.2, -0.15) is 0 Å². The largest absolute Gasteiger partial charge is 0.494 e. The van der Waals surface area contributed by atoms with Gasteiger partial charge in [-0.25, -0.2) is 0 Å². The Balaban J connectivity index is 2.52. The van der Waals surface area contributed by atoms with E-state index in [1.807, 2.05) is 25.1 Å². The standard InChI is InChI=1S/C14H20BrNO4/c1-3-20-13-5-4-12(8-11(13)9-15)16-14(17)10-19-7-6-18-2/h4-5,8H,3,6-7,9-10H2,1-2H3,(H,16,17). The van der Waals surface area contributed by atoms with E-state index in [2.05, 4.69) is 21.2 Å². The van der Waals surface area contributed by atoms with Crippen molar-refractivity contribution < 1.29 is 19.0 Å². The van der Waals surface area contributed by atoms with Crippen LogP contribution in [0, 0.1) is 0 Å². The molecule has 0 radical (unpaired) electrons. The van der Waals surface area contributed by atoms with Gasteiger partial charge >= 0.3 is 0 Å². The number of ether oxygens (including phenoxy) is 3. The van der Waals surface area contributed by atoms with Crippen LogP contribution in [0.3, 0.4) is 0 Å². The van der Waals surface area contributed by atoms with Gasteiger partial charge in [-0.3, -0.25) is 4.79 Å². The molecule has 0 spiro atoms. The fourth-order valence-electron chi connectivity index (χ4n) is 1.56. The molecule has 0 saturated carbocycles. The molecule has 1 aromatic carbocycles. The maximum Gasteiger partial charge on any atom is 0.250 e. The Morgan fingerprint density at radius 2 is 2.15 bits per heavy atom. The summed E-state index contributed by atoms with van der Waals surface area (Å²) in [4.78, 5) is 11.7. The molecule has 0 atom stereocenters. The van der Waals surface area contributed by atoms with Crippen LogP contribution >= 0.6 is 15.9 Å². The van der Waals surface area contributed by atoms with Gasteiger partial charge in [0.15, 0.2) is 0 Å². The SMILES string of the molecule is CCOc1ccc(NC(=O)COCCOC)cc1CBr. The first kappa shape index (κ1) is 16.9. The Morgan fingerprint density at radius 1 is 1.35 bits per heavy atom. The lowest BCUT2D eigenvalue weighted by Crippen LogP contribution is -2.19. The van der Waals surface area contributed by atoms with E-state index in [-0.39, 0.29) is 12.5 Å². The van der Waals surface area contributed by atoms with E-state index in [0.29, 0.717) is 25.2 Å². The van der Waals surface area contributed by atoms with Crippen molar-refractivity contribution in [2.24, 2.45) is 0 Å². The van der Waals surface area contributed by atoms with Gasteiger partial charge in [0.1, 0.15) is 12.4 Å². The number of benzene rings is 1. The lowest BCUT2D eigenvalue weighted by molar-refractivity contribution is -0.121. The molecule has 0 unspecified atom stereocenters. The van der Waals surface area contributed by atoms with Crippen molar-refractivity contribution in [2.75, 3.05) is 38.9 Å². The molecule has 0 aliphatic carbocycles. The molecule has 0 fully saturated rings. The minimum absolute atomic E-state index is 0.0141. The van der Waals surface area contributed by atoms with Crippen LogP contribution < -0.4 is 10.1 Å². The van der Waals surface area contributed by atoms with E-state index in [1.165, 1.54) is 0 Å². The van der Waals surface area contributed by atoms with Gasteiger partial charge in [0, 0.05) is 23.7 Å². The molecule has 0 bridgehead atoms. The van der Waals surface area contributed by atoms with Crippen molar-refractivity contribution >= 4 is 27.5 Å². The second-order valence-electron chi connectivity index (χ2n) is 3.98. The van der Waals surface area contributed by atoms with Crippen molar-refractivity contribution in [2.45, 2.75) is 12.3 Å². The van der Waals surface area contributed by atoms with Gasteiger partial charge in [-0.1, -0.05) is 15.9 Å². The highest BCUT2D eigenvalue weighted by Crippen LogP contribution is 2.25. The quantitative estimate of drug-likeness (QED) is 0.552. The van der Waals surface area contributed by atoms with Gasteiger partial charge in [0.25, 0.3) is 0 Å².